The molecule has 7 nitrogen and oxygen atoms in total. The molecule has 0 radical (unpaired) electrons. The van der Waals surface area contributed by atoms with E-state index in [1.807, 2.05) is 31.2 Å². The van der Waals surface area contributed by atoms with Crippen LogP contribution in [0.2, 0.25) is 0 Å². The highest BCUT2D eigenvalue weighted by molar-refractivity contribution is 6.54. The number of rotatable bonds is 7. The summed E-state index contributed by atoms with van der Waals surface area (Å²) in [5.74, 6) is -0.340. The first kappa shape index (κ1) is 21.0. The summed E-state index contributed by atoms with van der Waals surface area (Å²) in [7, 11) is 0. The molecule has 0 aromatic heterocycles. The summed E-state index contributed by atoms with van der Waals surface area (Å²) < 4.78 is 0. The maximum Gasteiger partial charge on any atom is 0.279 e. The smallest absolute Gasteiger partial charge is 0.279 e. The standard InChI is InChI=1S/C23H24N4O3/c1-4-8-21(29)24-16-11-12-20(28)18(14-16)15(3)25-26-22-17-9-6-7-10-19(17)27(13-5-2)23(22)30/h5-7,9-12,14,28H,2,4,8,13H2,1,3H3,(H,24,29)/b25-15+,26-22-. The molecule has 0 atom stereocenters. The maximum atomic E-state index is 12.8. The molecule has 154 valence electrons. The van der Waals surface area contributed by atoms with E-state index in [1.165, 1.54) is 6.07 Å². The highest BCUT2D eigenvalue weighted by Crippen LogP contribution is 2.29. The van der Waals surface area contributed by atoms with Crippen molar-refractivity contribution in [2.75, 3.05) is 16.8 Å². The molecule has 1 heterocycles. The van der Waals surface area contributed by atoms with Crippen molar-refractivity contribution in [1.82, 2.24) is 0 Å². The molecule has 0 saturated heterocycles. The van der Waals surface area contributed by atoms with Crippen LogP contribution in [0, 0.1) is 0 Å². The van der Waals surface area contributed by atoms with Gasteiger partial charge in [0.05, 0.1) is 11.4 Å². The summed E-state index contributed by atoms with van der Waals surface area (Å²) >= 11 is 0. The molecule has 2 aromatic rings. The molecule has 0 bridgehead atoms. The normalized spacial score (nSPS) is 14.7. The Morgan fingerprint density at radius 2 is 2.03 bits per heavy atom. The number of para-hydroxylation sites is 1. The first-order valence-corrected chi connectivity index (χ1v) is 9.74. The van der Waals surface area contributed by atoms with Crippen molar-refractivity contribution in [2.45, 2.75) is 26.7 Å². The van der Waals surface area contributed by atoms with Crippen LogP contribution in [-0.4, -0.2) is 34.9 Å². The minimum atomic E-state index is -0.252. The van der Waals surface area contributed by atoms with Crippen LogP contribution in [0.15, 0.2) is 65.3 Å². The maximum absolute atomic E-state index is 12.8. The molecule has 0 spiro atoms. The molecule has 1 aliphatic rings. The predicted octanol–water partition coefficient (Wildman–Crippen LogP) is 3.88. The Bertz CT molecular complexity index is 1060. The van der Waals surface area contributed by atoms with Crippen LogP contribution in [0.3, 0.4) is 0 Å². The Balaban J connectivity index is 1.92. The molecule has 1 aliphatic heterocycles. The average Bonchev–Trinajstić information content (AvgIpc) is 2.99. The van der Waals surface area contributed by atoms with E-state index in [4.69, 9.17) is 0 Å². The second-order valence-corrected chi connectivity index (χ2v) is 6.89. The zero-order valence-electron chi connectivity index (χ0n) is 17.1. The molecule has 0 aliphatic carbocycles. The van der Waals surface area contributed by atoms with E-state index < -0.39 is 0 Å². The van der Waals surface area contributed by atoms with E-state index >= 15 is 0 Å². The summed E-state index contributed by atoms with van der Waals surface area (Å²) in [5.41, 5.74) is 3.10. The van der Waals surface area contributed by atoms with E-state index in [-0.39, 0.29) is 23.3 Å². The van der Waals surface area contributed by atoms with Crippen LogP contribution < -0.4 is 10.2 Å². The van der Waals surface area contributed by atoms with Gasteiger partial charge in [-0.3, -0.25) is 9.59 Å². The summed E-state index contributed by atoms with van der Waals surface area (Å²) in [6.07, 6.45) is 2.81. The number of carbonyl (C=O) groups is 2. The number of carbonyl (C=O) groups excluding carboxylic acids is 2. The number of fused-ring (bicyclic) bond motifs is 1. The van der Waals surface area contributed by atoms with Gasteiger partial charge >= 0.3 is 0 Å². The Labute approximate surface area is 175 Å². The second kappa shape index (κ2) is 9.17. The summed E-state index contributed by atoms with van der Waals surface area (Å²) in [4.78, 5) is 26.2. The molecular weight excluding hydrogens is 380 g/mol. The van der Waals surface area contributed by atoms with Crippen LogP contribution in [0.25, 0.3) is 0 Å². The third-order valence-corrected chi connectivity index (χ3v) is 4.66. The van der Waals surface area contributed by atoms with Crippen molar-refractivity contribution >= 4 is 34.6 Å². The molecule has 30 heavy (non-hydrogen) atoms. The van der Waals surface area contributed by atoms with Gasteiger partial charge in [-0.2, -0.15) is 5.10 Å². The van der Waals surface area contributed by atoms with Crippen molar-refractivity contribution < 1.29 is 14.7 Å². The number of phenols is 1. The van der Waals surface area contributed by atoms with Crippen LogP contribution in [0.5, 0.6) is 5.75 Å². The monoisotopic (exact) mass is 404 g/mol. The fraction of sp³-hybridized carbons (Fsp3) is 0.217. The van der Waals surface area contributed by atoms with Gasteiger partial charge in [-0.15, -0.1) is 11.7 Å². The lowest BCUT2D eigenvalue weighted by Crippen LogP contribution is -2.30. The van der Waals surface area contributed by atoms with Crippen molar-refractivity contribution in [3.63, 3.8) is 0 Å². The summed E-state index contributed by atoms with van der Waals surface area (Å²) in [5, 5.41) is 21.4. The second-order valence-electron chi connectivity index (χ2n) is 6.89. The Morgan fingerprint density at radius 1 is 1.27 bits per heavy atom. The van der Waals surface area contributed by atoms with Crippen LogP contribution in [-0.2, 0) is 9.59 Å². The Kier molecular flexibility index (Phi) is 6.41. The molecule has 2 amide bonds. The molecular formula is C23H24N4O3. The fourth-order valence-electron chi connectivity index (χ4n) is 3.20. The lowest BCUT2D eigenvalue weighted by molar-refractivity contribution is -0.116. The summed E-state index contributed by atoms with van der Waals surface area (Å²) in [6, 6.07) is 12.1. The molecule has 7 heteroatoms. The van der Waals surface area contributed by atoms with Gasteiger partial charge in [0.1, 0.15) is 5.75 Å². The SMILES string of the molecule is C=CCN1C(=O)/C(=N\N=C(/C)c2cc(NC(=O)CCC)ccc2O)c2ccccc21. The van der Waals surface area contributed by atoms with Gasteiger partial charge in [0, 0.05) is 29.8 Å². The highest BCUT2D eigenvalue weighted by Gasteiger charge is 2.33. The van der Waals surface area contributed by atoms with Crippen LogP contribution in [0.4, 0.5) is 11.4 Å². The van der Waals surface area contributed by atoms with Crippen LogP contribution >= 0.6 is 0 Å². The molecule has 3 rings (SSSR count). The molecule has 2 aromatic carbocycles. The van der Waals surface area contributed by atoms with E-state index in [0.29, 0.717) is 35.5 Å². The fourth-order valence-corrected chi connectivity index (χ4v) is 3.20. The van der Waals surface area contributed by atoms with Gasteiger partial charge < -0.3 is 15.3 Å². The van der Waals surface area contributed by atoms with E-state index in [2.05, 4.69) is 22.1 Å². The Hall–Kier alpha value is -3.74. The van der Waals surface area contributed by atoms with Gasteiger partial charge in [-0.25, -0.2) is 0 Å². The van der Waals surface area contributed by atoms with Crippen LogP contribution in [0.1, 0.15) is 37.8 Å². The van der Waals surface area contributed by atoms with E-state index in [0.717, 1.165) is 12.1 Å². The number of hydrogen-bond donors (Lipinski definition) is 2. The first-order chi connectivity index (χ1) is 14.5. The number of aromatic hydroxyl groups is 1. The lowest BCUT2D eigenvalue weighted by atomic mass is 10.1. The number of amides is 2. The number of hydrogen-bond acceptors (Lipinski definition) is 5. The molecule has 0 fully saturated rings. The van der Waals surface area contributed by atoms with Crippen molar-refractivity contribution in [3.05, 3.63) is 66.2 Å². The molecule has 0 saturated carbocycles. The number of phenolic OH excluding ortho intramolecular Hbond substituents is 1. The minimum Gasteiger partial charge on any atom is -0.507 e. The third-order valence-electron chi connectivity index (χ3n) is 4.66. The third kappa shape index (κ3) is 4.30. The van der Waals surface area contributed by atoms with Gasteiger partial charge in [-0.05, 0) is 37.6 Å². The zero-order valence-corrected chi connectivity index (χ0v) is 17.1. The number of benzene rings is 2. The minimum absolute atomic E-state index is 0.0105. The number of nitrogens with zero attached hydrogens (tertiary/aromatic N) is 3. The quantitative estimate of drug-likeness (QED) is 0.317. The average molecular weight is 404 g/mol. The van der Waals surface area contributed by atoms with E-state index in [1.54, 1.807) is 30.0 Å². The van der Waals surface area contributed by atoms with Crippen molar-refractivity contribution in [2.24, 2.45) is 10.2 Å². The van der Waals surface area contributed by atoms with Gasteiger partial charge in [0.2, 0.25) is 5.91 Å². The Morgan fingerprint density at radius 3 is 2.77 bits per heavy atom. The highest BCUT2D eigenvalue weighted by atomic mass is 16.3. The van der Waals surface area contributed by atoms with Crippen molar-refractivity contribution in [3.8, 4) is 5.75 Å². The predicted molar refractivity (Wildman–Crippen MR) is 119 cm³/mol. The largest absolute Gasteiger partial charge is 0.507 e. The molecule has 0 unspecified atom stereocenters. The van der Waals surface area contributed by atoms with Gasteiger partial charge in [0.15, 0.2) is 5.71 Å². The topological polar surface area (TPSA) is 94.4 Å². The molecule has 2 N–H and O–H groups in total. The first-order valence-electron chi connectivity index (χ1n) is 9.74. The number of anilines is 2. The van der Waals surface area contributed by atoms with Gasteiger partial charge in [-0.1, -0.05) is 31.2 Å². The zero-order chi connectivity index (χ0) is 21.7. The number of nitrogens with one attached hydrogen (secondary N) is 1. The summed E-state index contributed by atoms with van der Waals surface area (Å²) in [6.45, 7) is 7.69. The lowest BCUT2D eigenvalue weighted by Gasteiger charge is -2.13. The van der Waals surface area contributed by atoms with Crippen molar-refractivity contribution in [1.29, 1.82) is 0 Å². The van der Waals surface area contributed by atoms with Gasteiger partial charge in [0.25, 0.3) is 5.91 Å². The van der Waals surface area contributed by atoms with E-state index in [9.17, 15) is 14.7 Å².